The van der Waals surface area contributed by atoms with Crippen LogP contribution in [0.4, 0.5) is 0 Å². The molecule has 0 atom stereocenters. The molecule has 1 nitrogen and oxygen atoms in total. The number of fused-ring (bicyclic) bond motifs is 1. The Morgan fingerprint density at radius 1 is 1.40 bits per heavy atom. The summed E-state index contributed by atoms with van der Waals surface area (Å²) in [4.78, 5) is 0. The van der Waals surface area contributed by atoms with Gasteiger partial charge in [-0.05, 0) is 37.5 Å². The number of rotatable bonds is 2. The summed E-state index contributed by atoms with van der Waals surface area (Å²) < 4.78 is 2.40. The molecule has 0 amide bonds. The van der Waals surface area contributed by atoms with Crippen LogP contribution in [0.2, 0.25) is 0 Å². The topological polar surface area (TPSA) is 4.93 Å². The molecule has 0 saturated carbocycles. The molecule has 0 aromatic carbocycles. The standard InChI is InChI=1S/C12H15N.C2H6/c1-3-6-12-10(4-2)9-11-7-5-8-13(11)12;1-2/h3-4,6,9H,2,5,7-8H2,1H3;1-2H3/b6-3-;. The van der Waals surface area contributed by atoms with Crippen LogP contribution in [0.25, 0.3) is 12.2 Å². The Bertz CT molecular complexity index is 356. The molecule has 0 fully saturated rings. The zero-order valence-corrected chi connectivity index (χ0v) is 10.1. The van der Waals surface area contributed by atoms with E-state index in [9.17, 15) is 0 Å². The predicted molar refractivity (Wildman–Crippen MR) is 68.9 cm³/mol. The smallest absolute Gasteiger partial charge is 0.0478 e. The molecule has 1 aromatic rings. The van der Waals surface area contributed by atoms with Crippen molar-refractivity contribution >= 4 is 12.2 Å². The fraction of sp³-hybridized carbons (Fsp3) is 0.429. The van der Waals surface area contributed by atoms with Gasteiger partial charge in [-0.15, -0.1) is 0 Å². The van der Waals surface area contributed by atoms with Crippen molar-refractivity contribution in [3.63, 3.8) is 0 Å². The Morgan fingerprint density at radius 3 is 2.73 bits per heavy atom. The van der Waals surface area contributed by atoms with Crippen molar-refractivity contribution < 1.29 is 0 Å². The van der Waals surface area contributed by atoms with E-state index in [1.807, 2.05) is 19.9 Å². The van der Waals surface area contributed by atoms with Crippen LogP contribution in [0, 0.1) is 0 Å². The van der Waals surface area contributed by atoms with Crippen LogP contribution >= 0.6 is 0 Å². The summed E-state index contributed by atoms with van der Waals surface area (Å²) in [6, 6.07) is 2.26. The van der Waals surface area contributed by atoms with Crippen molar-refractivity contribution in [3.8, 4) is 0 Å². The zero-order chi connectivity index (χ0) is 11.3. The quantitative estimate of drug-likeness (QED) is 0.681. The zero-order valence-electron chi connectivity index (χ0n) is 10.1. The van der Waals surface area contributed by atoms with Crippen molar-refractivity contribution in [2.45, 2.75) is 40.2 Å². The summed E-state index contributed by atoms with van der Waals surface area (Å²) in [6.45, 7) is 11.1. The van der Waals surface area contributed by atoms with Gasteiger partial charge < -0.3 is 4.57 Å². The minimum Gasteiger partial charge on any atom is -0.345 e. The molecule has 15 heavy (non-hydrogen) atoms. The molecule has 0 radical (unpaired) electrons. The highest BCUT2D eigenvalue weighted by Crippen LogP contribution is 2.25. The van der Waals surface area contributed by atoms with Crippen molar-refractivity contribution in [1.29, 1.82) is 0 Å². The van der Waals surface area contributed by atoms with Crippen LogP contribution in [0.3, 0.4) is 0 Å². The van der Waals surface area contributed by atoms with E-state index in [0.717, 1.165) is 0 Å². The Morgan fingerprint density at radius 2 is 2.13 bits per heavy atom. The number of hydrogen-bond acceptors (Lipinski definition) is 0. The van der Waals surface area contributed by atoms with Gasteiger partial charge in [0.15, 0.2) is 0 Å². The monoisotopic (exact) mass is 203 g/mol. The third-order valence-corrected chi connectivity index (χ3v) is 2.61. The third kappa shape index (κ3) is 2.23. The second-order valence-electron chi connectivity index (χ2n) is 3.44. The van der Waals surface area contributed by atoms with Gasteiger partial charge in [0.25, 0.3) is 0 Å². The van der Waals surface area contributed by atoms with Crippen molar-refractivity contribution in [2.24, 2.45) is 0 Å². The van der Waals surface area contributed by atoms with E-state index in [1.165, 1.54) is 36.3 Å². The Labute approximate surface area is 93.1 Å². The SMILES string of the molecule is C=Cc1cc2n(c1/C=C\C)CCC2.CC. The Kier molecular flexibility index (Phi) is 4.41. The number of hydrogen-bond donors (Lipinski definition) is 0. The van der Waals surface area contributed by atoms with Gasteiger partial charge in [-0.3, -0.25) is 0 Å². The molecule has 0 unspecified atom stereocenters. The second-order valence-corrected chi connectivity index (χ2v) is 3.44. The number of aryl methyl sites for hydroxylation is 1. The maximum Gasteiger partial charge on any atom is 0.0478 e. The summed E-state index contributed by atoms with van der Waals surface area (Å²) in [6.07, 6.45) is 8.72. The first-order valence-electron chi connectivity index (χ1n) is 5.84. The minimum absolute atomic E-state index is 1.17. The minimum atomic E-state index is 1.17. The Hall–Kier alpha value is -1.24. The average Bonchev–Trinajstić information content (AvgIpc) is 2.84. The van der Waals surface area contributed by atoms with Crippen molar-refractivity contribution in [3.05, 3.63) is 35.7 Å². The summed E-state index contributed by atoms with van der Waals surface area (Å²) >= 11 is 0. The average molecular weight is 203 g/mol. The van der Waals surface area contributed by atoms with Crippen molar-refractivity contribution in [2.75, 3.05) is 0 Å². The lowest BCUT2D eigenvalue weighted by Gasteiger charge is -2.01. The lowest BCUT2D eigenvalue weighted by Crippen LogP contribution is -1.94. The van der Waals surface area contributed by atoms with Crippen LogP contribution < -0.4 is 0 Å². The highest BCUT2D eigenvalue weighted by molar-refractivity contribution is 5.63. The second kappa shape index (κ2) is 5.59. The summed E-state index contributed by atoms with van der Waals surface area (Å²) in [5.41, 5.74) is 4.06. The van der Waals surface area contributed by atoms with Crippen LogP contribution in [0.5, 0.6) is 0 Å². The molecule has 0 aliphatic carbocycles. The summed E-state index contributed by atoms with van der Waals surface area (Å²) in [7, 11) is 0. The first kappa shape index (κ1) is 11.8. The van der Waals surface area contributed by atoms with Gasteiger partial charge in [0.2, 0.25) is 0 Å². The van der Waals surface area contributed by atoms with Gasteiger partial charge in [-0.25, -0.2) is 0 Å². The van der Waals surface area contributed by atoms with Gasteiger partial charge in [0.05, 0.1) is 0 Å². The largest absolute Gasteiger partial charge is 0.345 e. The van der Waals surface area contributed by atoms with Gasteiger partial charge >= 0.3 is 0 Å². The summed E-state index contributed by atoms with van der Waals surface area (Å²) in [5, 5.41) is 0. The molecule has 82 valence electrons. The van der Waals surface area contributed by atoms with E-state index in [4.69, 9.17) is 0 Å². The molecule has 1 aromatic heterocycles. The van der Waals surface area contributed by atoms with Crippen LogP contribution in [-0.2, 0) is 13.0 Å². The van der Waals surface area contributed by atoms with E-state index in [1.54, 1.807) is 0 Å². The summed E-state index contributed by atoms with van der Waals surface area (Å²) in [5.74, 6) is 0. The van der Waals surface area contributed by atoms with Gasteiger partial charge in [0.1, 0.15) is 0 Å². The molecule has 2 rings (SSSR count). The highest BCUT2D eigenvalue weighted by atomic mass is 15.0. The van der Waals surface area contributed by atoms with Crippen LogP contribution in [-0.4, -0.2) is 4.57 Å². The molecule has 1 heteroatoms. The fourth-order valence-electron chi connectivity index (χ4n) is 2.04. The lowest BCUT2D eigenvalue weighted by atomic mass is 10.2. The first-order chi connectivity index (χ1) is 7.36. The van der Waals surface area contributed by atoms with Crippen LogP contribution in [0.15, 0.2) is 18.7 Å². The normalized spacial score (nSPS) is 13.5. The molecule has 0 saturated heterocycles. The number of aromatic nitrogens is 1. The molecule has 1 aliphatic heterocycles. The molecule has 2 heterocycles. The lowest BCUT2D eigenvalue weighted by molar-refractivity contribution is 0.743. The van der Waals surface area contributed by atoms with Crippen molar-refractivity contribution in [1.82, 2.24) is 4.57 Å². The van der Waals surface area contributed by atoms with Gasteiger partial charge in [0, 0.05) is 17.9 Å². The molecule has 0 spiro atoms. The maximum absolute atomic E-state index is 3.84. The molecule has 0 N–H and O–H groups in total. The fourth-order valence-corrected chi connectivity index (χ4v) is 2.04. The predicted octanol–water partition coefficient (Wildman–Crippen LogP) is 4.14. The highest BCUT2D eigenvalue weighted by Gasteiger charge is 2.15. The molecule has 0 bridgehead atoms. The molecular weight excluding hydrogens is 182 g/mol. The Balaban J connectivity index is 0.000000531. The first-order valence-corrected chi connectivity index (χ1v) is 5.84. The van der Waals surface area contributed by atoms with E-state index in [-0.39, 0.29) is 0 Å². The number of nitrogens with zero attached hydrogens (tertiary/aromatic N) is 1. The van der Waals surface area contributed by atoms with Crippen LogP contribution in [0.1, 0.15) is 44.1 Å². The van der Waals surface area contributed by atoms with E-state index < -0.39 is 0 Å². The molecular formula is C14H21N. The van der Waals surface area contributed by atoms with Gasteiger partial charge in [-0.1, -0.05) is 32.6 Å². The van der Waals surface area contributed by atoms with Gasteiger partial charge in [-0.2, -0.15) is 0 Å². The maximum atomic E-state index is 3.84. The van der Waals surface area contributed by atoms with E-state index in [2.05, 4.69) is 36.3 Å². The van der Waals surface area contributed by atoms with E-state index >= 15 is 0 Å². The third-order valence-electron chi connectivity index (χ3n) is 2.61. The number of allylic oxidation sites excluding steroid dienone is 1. The molecule has 1 aliphatic rings. The van der Waals surface area contributed by atoms with E-state index in [0.29, 0.717) is 0 Å².